The van der Waals surface area contributed by atoms with Crippen LogP contribution in [0.5, 0.6) is 0 Å². The Kier molecular flexibility index (Phi) is 4.38. The zero-order chi connectivity index (χ0) is 15.4. The summed E-state index contributed by atoms with van der Waals surface area (Å²) < 4.78 is 0. The summed E-state index contributed by atoms with van der Waals surface area (Å²) in [5, 5.41) is 12.0. The number of benzene rings is 2. The zero-order valence-electron chi connectivity index (χ0n) is 12.0. The molecule has 0 unspecified atom stereocenters. The third kappa shape index (κ3) is 3.28. The van der Waals surface area contributed by atoms with E-state index in [2.05, 4.69) is 5.32 Å². The molecule has 0 spiro atoms. The fourth-order valence-electron chi connectivity index (χ4n) is 2.29. The molecule has 1 amide bonds. The summed E-state index contributed by atoms with van der Waals surface area (Å²) in [4.78, 5) is 23.4. The number of aromatic carboxylic acids is 1. The predicted octanol–water partition coefficient (Wildman–Crippen LogP) is 3.18. The van der Waals surface area contributed by atoms with Gasteiger partial charge in [-0.2, -0.15) is 0 Å². The van der Waals surface area contributed by atoms with Crippen LogP contribution in [0.4, 0.5) is 0 Å². The number of rotatable bonds is 4. The number of amides is 1. The fraction of sp³-hybridized carbons (Fsp3) is 0.176. The Labute approximate surface area is 123 Å². The van der Waals surface area contributed by atoms with Gasteiger partial charge in [-0.05, 0) is 37.1 Å². The van der Waals surface area contributed by atoms with Gasteiger partial charge in [-0.1, -0.05) is 36.4 Å². The van der Waals surface area contributed by atoms with Gasteiger partial charge in [0.1, 0.15) is 0 Å². The zero-order valence-corrected chi connectivity index (χ0v) is 12.0. The lowest BCUT2D eigenvalue weighted by molar-refractivity contribution is 0.0690. The Morgan fingerprint density at radius 2 is 1.57 bits per heavy atom. The molecule has 0 aromatic heterocycles. The highest BCUT2D eigenvalue weighted by Gasteiger charge is 2.18. The normalized spacial score (nSPS) is 11.7. The van der Waals surface area contributed by atoms with E-state index in [1.807, 2.05) is 38.1 Å². The Hall–Kier alpha value is -2.62. The number of carboxylic acids is 1. The lowest BCUT2D eigenvalue weighted by atomic mass is 10.0. The number of carboxylic acid groups (broad SMARTS) is 1. The Bertz CT molecular complexity index is 679. The smallest absolute Gasteiger partial charge is 0.336 e. The van der Waals surface area contributed by atoms with Crippen LogP contribution in [-0.4, -0.2) is 17.0 Å². The first-order valence-corrected chi connectivity index (χ1v) is 6.69. The summed E-state index contributed by atoms with van der Waals surface area (Å²) in [5.41, 5.74) is 2.27. The second-order valence-corrected chi connectivity index (χ2v) is 4.90. The van der Waals surface area contributed by atoms with Crippen LogP contribution in [0.15, 0.2) is 48.5 Å². The van der Waals surface area contributed by atoms with Gasteiger partial charge in [-0.15, -0.1) is 0 Å². The van der Waals surface area contributed by atoms with E-state index in [0.717, 1.165) is 11.1 Å². The van der Waals surface area contributed by atoms with E-state index in [9.17, 15) is 9.59 Å². The van der Waals surface area contributed by atoms with Crippen molar-refractivity contribution in [2.24, 2.45) is 0 Å². The van der Waals surface area contributed by atoms with Gasteiger partial charge in [0.15, 0.2) is 0 Å². The molecule has 0 aliphatic rings. The number of carbonyl (C=O) groups is 2. The van der Waals surface area contributed by atoms with E-state index in [0.29, 0.717) is 0 Å². The fourth-order valence-corrected chi connectivity index (χ4v) is 2.29. The molecule has 2 rings (SSSR count). The largest absolute Gasteiger partial charge is 0.478 e. The molecule has 0 aliphatic carbocycles. The van der Waals surface area contributed by atoms with E-state index < -0.39 is 5.97 Å². The standard InChI is InChI=1S/C17H17NO3/c1-11-7-3-4-8-13(11)12(2)18-16(19)14-9-5-6-10-15(14)17(20)21/h3-10,12H,1-2H3,(H,18,19)(H,20,21)/t12-/m0/s1. The number of aryl methyl sites for hydroxylation is 1. The molecule has 108 valence electrons. The van der Waals surface area contributed by atoms with Crippen LogP contribution in [0.25, 0.3) is 0 Å². The molecule has 0 heterocycles. The maximum absolute atomic E-state index is 12.3. The van der Waals surface area contributed by atoms with E-state index in [4.69, 9.17) is 5.11 Å². The minimum atomic E-state index is -1.11. The first-order chi connectivity index (χ1) is 10.0. The van der Waals surface area contributed by atoms with E-state index in [1.54, 1.807) is 12.1 Å². The summed E-state index contributed by atoms with van der Waals surface area (Å²) in [6, 6.07) is 13.8. The first-order valence-electron chi connectivity index (χ1n) is 6.69. The maximum atomic E-state index is 12.3. The van der Waals surface area contributed by atoms with Gasteiger partial charge in [-0.25, -0.2) is 4.79 Å². The van der Waals surface area contributed by atoms with Crippen LogP contribution >= 0.6 is 0 Å². The van der Waals surface area contributed by atoms with Crippen molar-refractivity contribution < 1.29 is 14.7 Å². The lowest BCUT2D eigenvalue weighted by Crippen LogP contribution is -2.28. The molecular formula is C17H17NO3. The van der Waals surface area contributed by atoms with Gasteiger partial charge >= 0.3 is 5.97 Å². The Morgan fingerprint density at radius 1 is 1.00 bits per heavy atom. The van der Waals surface area contributed by atoms with Crippen molar-refractivity contribution in [2.75, 3.05) is 0 Å². The third-order valence-electron chi connectivity index (χ3n) is 3.40. The van der Waals surface area contributed by atoms with Gasteiger partial charge in [0.2, 0.25) is 0 Å². The third-order valence-corrected chi connectivity index (χ3v) is 3.40. The SMILES string of the molecule is Cc1ccccc1[C@H](C)NC(=O)c1ccccc1C(=O)O. The average molecular weight is 283 g/mol. The maximum Gasteiger partial charge on any atom is 0.336 e. The summed E-state index contributed by atoms with van der Waals surface area (Å²) in [7, 11) is 0. The number of carbonyl (C=O) groups excluding carboxylic acids is 1. The molecule has 0 fully saturated rings. The molecule has 0 radical (unpaired) electrons. The van der Waals surface area contributed by atoms with Gasteiger partial charge < -0.3 is 10.4 Å². The van der Waals surface area contributed by atoms with Gasteiger partial charge in [0, 0.05) is 0 Å². The molecule has 1 atom stereocenters. The van der Waals surface area contributed by atoms with Crippen LogP contribution in [-0.2, 0) is 0 Å². The van der Waals surface area contributed by atoms with E-state index >= 15 is 0 Å². The van der Waals surface area contributed by atoms with Gasteiger partial charge in [0.05, 0.1) is 17.2 Å². The van der Waals surface area contributed by atoms with E-state index in [1.165, 1.54) is 12.1 Å². The summed E-state index contributed by atoms with van der Waals surface area (Å²) in [6.07, 6.45) is 0. The van der Waals surface area contributed by atoms with Crippen LogP contribution in [0.2, 0.25) is 0 Å². The molecule has 0 saturated heterocycles. The topological polar surface area (TPSA) is 66.4 Å². The highest BCUT2D eigenvalue weighted by Crippen LogP contribution is 2.18. The van der Waals surface area contributed by atoms with Crippen LogP contribution in [0, 0.1) is 6.92 Å². The lowest BCUT2D eigenvalue weighted by Gasteiger charge is -2.17. The summed E-state index contributed by atoms with van der Waals surface area (Å²) >= 11 is 0. The van der Waals surface area contributed by atoms with Crippen molar-refractivity contribution in [1.29, 1.82) is 0 Å². The monoisotopic (exact) mass is 283 g/mol. The predicted molar refractivity (Wildman–Crippen MR) is 80.5 cm³/mol. The Balaban J connectivity index is 2.23. The summed E-state index contributed by atoms with van der Waals surface area (Å²) in [5.74, 6) is -1.49. The molecule has 0 saturated carbocycles. The van der Waals surface area contributed by atoms with Crippen molar-refractivity contribution in [1.82, 2.24) is 5.32 Å². The van der Waals surface area contributed by atoms with Crippen LogP contribution in [0.3, 0.4) is 0 Å². The van der Waals surface area contributed by atoms with Gasteiger partial charge in [-0.3, -0.25) is 4.79 Å². The van der Waals surface area contributed by atoms with E-state index in [-0.39, 0.29) is 23.1 Å². The van der Waals surface area contributed by atoms with Crippen molar-refractivity contribution >= 4 is 11.9 Å². The minimum absolute atomic E-state index is 0.00647. The molecule has 2 aromatic carbocycles. The number of hydrogen-bond donors (Lipinski definition) is 2. The molecule has 4 heteroatoms. The molecule has 0 aliphatic heterocycles. The second-order valence-electron chi connectivity index (χ2n) is 4.90. The highest BCUT2D eigenvalue weighted by molar-refractivity contribution is 6.04. The number of hydrogen-bond acceptors (Lipinski definition) is 2. The molecular weight excluding hydrogens is 266 g/mol. The Morgan fingerprint density at radius 3 is 2.19 bits per heavy atom. The number of nitrogens with one attached hydrogen (secondary N) is 1. The van der Waals surface area contributed by atoms with Crippen LogP contribution < -0.4 is 5.32 Å². The quantitative estimate of drug-likeness (QED) is 0.905. The van der Waals surface area contributed by atoms with Crippen molar-refractivity contribution in [3.63, 3.8) is 0 Å². The van der Waals surface area contributed by atoms with Crippen molar-refractivity contribution in [2.45, 2.75) is 19.9 Å². The molecule has 0 bridgehead atoms. The van der Waals surface area contributed by atoms with Crippen LogP contribution in [0.1, 0.15) is 44.8 Å². The molecule has 21 heavy (non-hydrogen) atoms. The van der Waals surface area contributed by atoms with Crippen molar-refractivity contribution in [3.05, 3.63) is 70.8 Å². The highest BCUT2D eigenvalue weighted by atomic mass is 16.4. The first kappa shape index (κ1) is 14.8. The molecule has 4 nitrogen and oxygen atoms in total. The molecule has 2 aromatic rings. The average Bonchev–Trinajstić information content (AvgIpc) is 2.47. The second kappa shape index (κ2) is 6.22. The summed E-state index contributed by atoms with van der Waals surface area (Å²) in [6.45, 7) is 3.85. The minimum Gasteiger partial charge on any atom is -0.478 e. The molecule has 2 N–H and O–H groups in total. The van der Waals surface area contributed by atoms with Crippen molar-refractivity contribution in [3.8, 4) is 0 Å². The van der Waals surface area contributed by atoms with Gasteiger partial charge in [0.25, 0.3) is 5.91 Å².